The quantitative estimate of drug-likeness (QED) is 0.667. The number of unbranched alkanes of at least 4 members (excludes halogenated alkanes) is 1. The van der Waals surface area contributed by atoms with E-state index in [1.165, 1.54) is 36.0 Å². The summed E-state index contributed by atoms with van der Waals surface area (Å²) >= 11 is 0. The topological polar surface area (TPSA) is 0 Å². The Morgan fingerprint density at radius 3 is 2.00 bits per heavy atom. The van der Waals surface area contributed by atoms with Crippen molar-refractivity contribution in [1.82, 2.24) is 0 Å². The van der Waals surface area contributed by atoms with Gasteiger partial charge in [-0.25, -0.2) is 0 Å². The first-order valence-electron chi connectivity index (χ1n) is 5.78. The zero-order chi connectivity index (χ0) is 10.6. The van der Waals surface area contributed by atoms with Crippen LogP contribution in [-0.2, 0) is 12.8 Å². The van der Waals surface area contributed by atoms with E-state index in [0.717, 1.165) is 6.42 Å². The van der Waals surface area contributed by atoms with Crippen molar-refractivity contribution >= 4 is 0 Å². The number of hydrogen-bond donors (Lipinski definition) is 0. The van der Waals surface area contributed by atoms with E-state index in [1.807, 2.05) is 0 Å². The molecule has 0 heteroatoms. The Kier molecular flexibility index (Phi) is 4.19. The molecule has 0 saturated heterocycles. The Bertz CT molecular complexity index is 274. The van der Waals surface area contributed by atoms with E-state index >= 15 is 0 Å². The molecule has 1 aromatic carbocycles. The van der Waals surface area contributed by atoms with Gasteiger partial charge in [0.1, 0.15) is 0 Å². The fourth-order valence-electron chi connectivity index (χ4n) is 2.04. The lowest BCUT2D eigenvalue weighted by Crippen LogP contribution is -1.96. The van der Waals surface area contributed by atoms with Crippen LogP contribution in [0.4, 0.5) is 0 Å². The maximum Gasteiger partial charge on any atom is -0.0274 e. The molecule has 0 nitrogen and oxygen atoms in total. The lowest BCUT2D eigenvalue weighted by molar-refractivity contribution is 0.786. The second-order valence-corrected chi connectivity index (χ2v) is 4.17. The molecule has 0 aliphatic carbocycles. The van der Waals surface area contributed by atoms with Crippen LogP contribution in [-0.4, -0.2) is 0 Å². The third-order valence-corrected chi connectivity index (χ3v) is 2.94. The van der Waals surface area contributed by atoms with Crippen LogP contribution in [0.15, 0.2) is 12.1 Å². The van der Waals surface area contributed by atoms with E-state index in [2.05, 4.69) is 39.8 Å². The predicted molar refractivity (Wildman–Crippen MR) is 63.9 cm³/mol. The molecule has 0 aliphatic heterocycles. The monoisotopic (exact) mass is 190 g/mol. The van der Waals surface area contributed by atoms with Gasteiger partial charge in [0.2, 0.25) is 0 Å². The molecular weight excluding hydrogens is 168 g/mol. The molecular formula is C14H22. The zero-order valence-corrected chi connectivity index (χ0v) is 9.98. The summed E-state index contributed by atoms with van der Waals surface area (Å²) in [4.78, 5) is 0. The van der Waals surface area contributed by atoms with E-state index in [4.69, 9.17) is 0 Å². The smallest absolute Gasteiger partial charge is 0.0274 e. The zero-order valence-electron chi connectivity index (χ0n) is 9.98. The largest absolute Gasteiger partial charge is 0.0654 e. The standard InChI is InChI=1S/C14H22/c1-5-7-8-14-11(3)9-13(6-2)10-12(14)4/h9-10H,5-8H2,1-4H3. The lowest BCUT2D eigenvalue weighted by Gasteiger charge is -2.11. The van der Waals surface area contributed by atoms with Crippen LogP contribution in [0.2, 0.25) is 0 Å². The first kappa shape index (κ1) is 11.3. The highest BCUT2D eigenvalue weighted by molar-refractivity contribution is 5.38. The van der Waals surface area contributed by atoms with Crippen molar-refractivity contribution in [2.24, 2.45) is 0 Å². The molecule has 0 amide bonds. The fraction of sp³-hybridized carbons (Fsp3) is 0.571. The molecule has 1 aromatic rings. The van der Waals surface area contributed by atoms with Gasteiger partial charge in [-0.3, -0.25) is 0 Å². The van der Waals surface area contributed by atoms with Gasteiger partial charge < -0.3 is 0 Å². The highest BCUT2D eigenvalue weighted by Gasteiger charge is 2.03. The number of rotatable bonds is 4. The normalized spacial score (nSPS) is 10.6. The molecule has 0 N–H and O–H groups in total. The first-order valence-corrected chi connectivity index (χ1v) is 5.78. The van der Waals surface area contributed by atoms with Crippen LogP contribution in [0.3, 0.4) is 0 Å². The third kappa shape index (κ3) is 2.60. The van der Waals surface area contributed by atoms with Crippen LogP contribution < -0.4 is 0 Å². The minimum atomic E-state index is 1.15. The molecule has 0 unspecified atom stereocenters. The molecule has 0 bridgehead atoms. The molecule has 1 rings (SSSR count). The molecule has 0 heterocycles. The van der Waals surface area contributed by atoms with Crippen molar-refractivity contribution in [1.29, 1.82) is 0 Å². The summed E-state index contributed by atoms with van der Waals surface area (Å²) in [6, 6.07) is 4.69. The summed E-state index contributed by atoms with van der Waals surface area (Å²) in [6.07, 6.45) is 5.00. The molecule has 0 aliphatic rings. The maximum atomic E-state index is 2.35. The van der Waals surface area contributed by atoms with Gasteiger partial charge in [0, 0.05) is 0 Å². The van der Waals surface area contributed by atoms with E-state index in [9.17, 15) is 0 Å². The average Bonchev–Trinajstić information content (AvgIpc) is 2.16. The van der Waals surface area contributed by atoms with Gasteiger partial charge in [0.15, 0.2) is 0 Å². The summed E-state index contributed by atoms with van der Waals surface area (Å²) in [5.41, 5.74) is 6.01. The third-order valence-electron chi connectivity index (χ3n) is 2.94. The molecule has 0 saturated carbocycles. The molecule has 0 spiro atoms. The van der Waals surface area contributed by atoms with Gasteiger partial charge in [0.05, 0.1) is 0 Å². The van der Waals surface area contributed by atoms with Crippen LogP contribution in [0.1, 0.15) is 48.9 Å². The van der Waals surface area contributed by atoms with Gasteiger partial charge in [-0.15, -0.1) is 0 Å². The number of benzene rings is 1. The van der Waals surface area contributed by atoms with Crippen molar-refractivity contribution in [3.05, 3.63) is 34.4 Å². The molecule has 78 valence electrons. The van der Waals surface area contributed by atoms with Crippen LogP contribution in [0.5, 0.6) is 0 Å². The Morgan fingerprint density at radius 2 is 1.57 bits per heavy atom. The highest BCUT2D eigenvalue weighted by Crippen LogP contribution is 2.19. The summed E-state index contributed by atoms with van der Waals surface area (Å²) in [7, 11) is 0. The maximum absolute atomic E-state index is 2.35. The molecule has 0 aromatic heterocycles. The van der Waals surface area contributed by atoms with E-state index in [-0.39, 0.29) is 0 Å². The van der Waals surface area contributed by atoms with Gasteiger partial charge in [0.25, 0.3) is 0 Å². The minimum absolute atomic E-state index is 1.15. The molecule has 0 radical (unpaired) electrons. The summed E-state index contributed by atoms with van der Waals surface area (Å²) in [5, 5.41) is 0. The van der Waals surface area contributed by atoms with Crippen LogP contribution in [0, 0.1) is 13.8 Å². The lowest BCUT2D eigenvalue weighted by atomic mass is 9.95. The van der Waals surface area contributed by atoms with Crippen molar-refractivity contribution < 1.29 is 0 Å². The molecule has 0 fully saturated rings. The van der Waals surface area contributed by atoms with Crippen molar-refractivity contribution in [2.75, 3.05) is 0 Å². The predicted octanol–water partition coefficient (Wildman–Crippen LogP) is 4.21. The van der Waals surface area contributed by atoms with Gasteiger partial charge >= 0.3 is 0 Å². The van der Waals surface area contributed by atoms with Crippen molar-refractivity contribution in [3.63, 3.8) is 0 Å². The Hall–Kier alpha value is -0.780. The van der Waals surface area contributed by atoms with E-state index in [0.29, 0.717) is 0 Å². The minimum Gasteiger partial charge on any atom is -0.0654 e. The second kappa shape index (κ2) is 5.19. The molecule has 14 heavy (non-hydrogen) atoms. The van der Waals surface area contributed by atoms with E-state index < -0.39 is 0 Å². The van der Waals surface area contributed by atoms with E-state index in [1.54, 1.807) is 5.56 Å². The van der Waals surface area contributed by atoms with Gasteiger partial charge in [-0.05, 0) is 55.4 Å². The first-order chi connectivity index (χ1) is 6.69. The van der Waals surface area contributed by atoms with Crippen LogP contribution in [0.25, 0.3) is 0 Å². The Morgan fingerprint density at radius 1 is 1.00 bits per heavy atom. The van der Waals surface area contributed by atoms with Gasteiger partial charge in [-0.2, -0.15) is 0 Å². The highest BCUT2D eigenvalue weighted by atomic mass is 14.1. The summed E-state index contributed by atoms with van der Waals surface area (Å²) < 4.78 is 0. The van der Waals surface area contributed by atoms with Crippen molar-refractivity contribution in [3.8, 4) is 0 Å². The number of aryl methyl sites for hydroxylation is 3. The Balaban J connectivity index is 2.93. The van der Waals surface area contributed by atoms with Crippen molar-refractivity contribution in [2.45, 2.75) is 53.4 Å². The molecule has 0 atom stereocenters. The fourth-order valence-corrected chi connectivity index (χ4v) is 2.04. The average molecular weight is 190 g/mol. The summed E-state index contributed by atoms with van der Waals surface area (Å²) in [5.74, 6) is 0. The van der Waals surface area contributed by atoms with Gasteiger partial charge in [-0.1, -0.05) is 32.4 Å². The summed E-state index contributed by atoms with van der Waals surface area (Å²) in [6.45, 7) is 8.97. The SMILES string of the molecule is CCCCc1c(C)cc(CC)cc1C. The second-order valence-electron chi connectivity index (χ2n) is 4.17. The van der Waals surface area contributed by atoms with Crippen LogP contribution >= 0.6 is 0 Å². The number of hydrogen-bond acceptors (Lipinski definition) is 0. The Labute approximate surface area is 88.4 Å².